The average molecular weight is 187 g/mol. The van der Waals surface area contributed by atoms with Crippen molar-refractivity contribution in [2.75, 3.05) is 26.7 Å². The highest BCUT2D eigenvalue weighted by atomic mass is 16.2. The van der Waals surface area contributed by atoms with Crippen LogP contribution in [0.1, 0.15) is 20.3 Å². The molecule has 0 rings (SSSR count). The Morgan fingerprint density at radius 3 is 2.62 bits per heavy atom. The van der Waals surface area contributed by atoms with Crippen LogP contribution in [0.4, 0.5) is 0 Å². The minimum Gasteiger partial charge on any atom is -0.353 e. The van der Waals surface area contributed by atoms with Gasteiger partial charge in [-0.1, -0.05) is 13.8 Å². The Hall–Kier alpha value is -0.610. The van der Waals surface area contributed by atoms with E-state index in [2.05, 4.69) is 17.1 Å². The smallest absolute Gasteiger partial charge is 0.236 e. The molecule has 0 fully saturated rings. The van der Waals surface area contributed by atoms with E-state index in [0.717, 1.165) is 13.1 Å². The van der Waals surface area contributed by atoms with E-state index < -0.39 is 0 Å². The lowest BCUT2D eigenvalue weighted by atomic mass is 10.2. The fraction of sp³-hybridized carbons (Fsp3) is 0.889. The van der Waals surface area contributed by atoms with Crippen molar-refractivity contribution in [1.29, 1.82) is 0 Å². The molecule has 1 amide bonds. The lowest BCUT2D eigenvalue weighted by molar-refractivity contribution is -0.122. The van der Waals surface area contributed by atoms with Gasteiger partial charge in [-0.3, -0.25) is 4.79 Å². The molecule has 0 aromatic rings. The van der Waals surface area contributed by atoms with Crippen LogP contribution in [0.3, 0.4) is 0 Å². The maximum Gasteiger partial charge on any atom is 0.236 e. The predicted octanol–water partition coefficient (Wildman–Crippen LogP) is -0.208. The molecule has 0 aromatic heterocycles. The number of rotatable bonds is 6. The molecule has 0 saturated heterocycles. The summed E-state index contributed by atoms with van der Waals surface area (Å²) < 4.78 is 0. The average Bonchev–Trinajstić information content (AvgIpc) is 2.15. The molecule has 0 saturated carbocycles. The van der Waals surface area contributed by atoms with E-state index in [-0.39, 0.29) is 11.9 Å². The molecule has 0 radical (unpaired) electrons. The van der Waals surface area contributed by atoms with E-state index in [9.17, 15) is 4.79 Å². The molecule has 4 heteroatoms. The van der Waals surface area contributed by atoms with Crippen LogP contribution in [-0.4, -0.2) is 43.5 Å². The van der Waals surface area contributed by atoms with Crippen molar-refractivity contribution < 1.29 is 4.79 Å². The number of hydrogen-bond donors (Lipinski definition) is 2. The van der Waals surface area contributed by atoms with E-state index in [4.69, 9.17) is 5.73 Å². The fourth-order valence-electron chi connectivity index (χ4n) is 0.845. The molecule has 0 aliphatic carbocycles. The van der Waals surface area contributed by atoms with Gasteiger partial charge in [-0.15, -0.1) is 0 Å². The van der Waals surface area contributed by atoms with Crippen LogP contribution in [-0.2, 0) is 4.79 Å². The van der Waals surface area contributed by atoms with Gasteiger partial charge in [-0.05, 0) is 20.0 Å². The van der Waals surface area contributed by atoms with Gasteiger partial charge in [0.1, 0.15) is 0 Å². The first kappa shape index (κ1) is 12.4. The van der Waals surface area contributed by atoms with Crippen LogP contribution in [0.15, 0.2) is 0 Å². The fourth-order valence-corrected chi connectivity index (χ4v) is 0.845. The molecule has 13 heavy (non-hydrogen) atoms. The molecule has 0 unspecified atom stereocenters. The van der Waals surface area contributed by atoms with Crippen LogP contribution in [0.25, 0.3) is 0 Å². The first-order valence-electron chi connectivity index (χ1n) is 4.83. The number of hydrogen-bond acceptors (Lipinski definition) is 3. The number of nitrogens with one attached hydrogen (secondary N) is 1. The molecule has 0 aliphatic rings. The number of amides is 1. The highest BCUT2D eigenvalue weighted by Gasteiger charge is 2.09. The van der Waals surface area contributed by atoms with Gasteiger partial charge < -0.3 is 16.0 Å². The highest BCUT2D eigenvalue weighted by Crippen LogP contribution is 1.85. The Balaban J connectivity index is 3.47. The van der Waals surface area contributed by atoms with Gasteiger partial charge in [0.2, 0.25) is 5.91 Å². The summed E-state index contributed by atoms with van der Waals surface area (Å²) in [5.41, 5.74) is 5.54. The maximum atomic E-state index is 11.2. The second kappa shape index (κ2) is 6.86. The summed E-state index contributed by atoms with van der Waals surface area (Å²) in [6, 6.07) is -0.355. The first-order valence-corrected chi connectivity index (χ1v) is 4.83. The Bertz CT molecular complexity index is 150. The van der Waals surface area contributed by atoms with Crippen molar-refractivity contribution in [3.8, 4) is 0 Å². The van der Waals surface area contributed by atoms with Crippen LogP contribution < -0.4 is 11.1 Å². The highest BCUT2D eigenvalue weighted by molar-refractivity contribution is 5.81. The molecule has 0 aliphatic heterocycles. The van der Waals surface area contributed by atoms with Crippen molar-refractivity contribution in [2.24, 2.45) is 5.73 Å². The minimum absolute atomic E-state index is 0.0491. The summed E-state index contributed by atoms with van der Waals surface area (Å²) in [5, 5.41) is 2.79. The van der Waals surface area contributed by atoms with Crippen molar-refractivity contribution in [2.45, 2.75) is 26.3 Å². The van der Waals surface area contributed by atoms with E-state index >= 15 is 0 Å². The largest absolute Gasteiger partial charge is 0.353 e. The molecule has 78 valence electrons. The van der Waals surface area contributed by atoms with Gasteiger partial charge in [0, 0.05) is 13.1 Å². The van der Waals surface area contributed by atoms with Crippen LogP contribution >= 0.6 is 0 Å². The monoisotopic (exact) mass is 187 g/mol. The minimum atomic E-state index is -0.355. The van der Waals surface area contributed by atoms with Gasteiger partial charge in [0.05, 0.1) is 6.04 Å². The number of carbonyl (C=O) groups excluding carboxylic acids is 1. The van der Waals surface area contributed by atoms with E-state index in [0.29, 0.717) is 13.0 Å². The van der Waals surface area contributed by atoms with Gasteiger partial charge in [-0.25, -0.2) is 0 Å². The molecule has 4 nitrogen and oxygen atoms in total. The van der Waals surface area contributed by atoms with Crippen LogP contribution in [0.2, 0.25) is 0 Å². The zero-order valence-corrected chi connectivity index (χ0v) is 8.84. The van der Waals surface area contributed by atoms with Crippen molar-refractivity contribution in [1.82, 2.24) is 10.2 Å². The molecule has 0 spiro atoms. The van der Waals surface area contributed by atoms with E-state index in [1.807, 2.05) is 14.0 Å². The lowest BCUT2D eigenvalue weighted by Gasteiger charge is -2.15. The van der Waals surface area contributed by atoms with Crippen molar-refractivity contribution >= 4 is 5.91 Å². The quantitative estimate of drug-likeness (QED) is 0.605. The van der Waals surface area contributed by atoms with Crippen LogP contribution in [0, 0.1) is 0 Å². The number of nitrogens with zero attached hydrogens (tertiary/aromatic N) is 1. The molecule has 3 N–H and O–H groups in total. The Morgan fingerprint density at radius 1 is 1.54 bits per heavy atom. The molecule has 0 aromatic carbocycles. The summed E-state index contributed by atoms with van der Waals surface area (Å²) in [5.74, 6) is -0.0491. The molecular formula is C9H21N3O. The number of carbonyl (C=O) groups is 1. The summed E-state index contributed by atoms with van der Waals surface area (Å²) in [6.45, 7) is 6.53. The third kappa shape index (κ3) is 5.60. The standard InChI is InChI=1S/C9H21N3O/c1-4-8(10)9(13)11-6-7-12(3)5-2/h8H,4-7,10H2,1-3H3,(H,11,13)/t8-/m1/s1. The summed E-state index contributed by atoms with van der Waals surface area (Å²) in [6.07, 6.45) is 0.690. The first-order chi connectivity index (χ1) is 6.11. The predicted molar refractivity (Wildman–Crippen MR) is 54.4 cm³/mol. The lowest BCUT2D eigenvalue weighted by Crippen LogP contribution is -2.42. The van der Waals surface area contributed by atoms with Gasteiger partial charge >= 0.3 is 0 Å². The maximum absolute atomic E-state index is 11.2. The van der Waals surface area contributed by atoms with E-state index in [1.54, 1.807) is 0 Å². The summed E-state index contributed by atoms with van der Waals surface area (Å²) in [7, 11) is 2.02. The number of nitrogens with two attached hydrogens (primary N) is 1. The topological polar surface area (TPSA) is 58.4 Å². The Kier molecular flexibility index (Phi) is 6.54. The summed E-state index contributed by atoms with van der Waals surface area (Å²) >= 11 is 0. The normalized spacial score (nSPS) is 13.0. The molecule has 0 heterocycles. The molecular weight excluding hydrogens is 166 g/mol. The van der Waals surface area contributed by atoms with Gasteiger partial charge in [0.15, 0.2) is 0 Å². The van der Waals surface area contributed by atoms with Crippen molar-refractivity contribution in [3.05, 3.63) is 0 Å². The van der Waals surface area contributed by atoms with Gasteiger partial charge in [-0.2, -0.15) is 0 Å². The molecule has 1 atom stereocenters. The number of likely N-dealkylation sites (N-methyl/N-ethyl adjacent to an activating group) is 1. The van der Waals surface area contributed by atoms with Crippen molar-refractivity contribution in [3.63, 3.8) is 0 Å². The van der Waals surface area contributed by atoms with E-state index in [1.165, 1.54) is 0 Å². The third-order valence-electron chi connectivity index (χ3n) is 2.11. The van der Waals surface area contributed by atoms with Gasteiger partial charge in [0.25, 0.3) is 0 Å². The summed E-state index contributed by atoms with van der Waals surface area (Å²) in [4.78, 5) is 13.3. The third-order valence-corrected chi connectivity index (χ3v) is 2.11. The SMILES string of the molecule is CC[C@@H](N)C(=O)NCCN(C)CC. The zero-order chi connectivity index (χ0) is 10.3. The zero-order valence-electron chi connectivity index (χ0n) is 8.84. The Morgan fingerprint density at radius 2 is 2.15 bits per heavy atom. The van der Waals surface area contributed by atoms with Crippen LogP contribution in [0.5, 0.6) is 0 Å². The molecule has 0 bridgehead atoms. The second-order valence-electron chi connectivity index (χ2n) is 3.20. The Labute approximate surface area is 80.5 Å². The second-order valence-corrected chi connectivity index (χ2v) is 3.20.